The van der Waals surface area contributed by atoms with Gasteiger partial charge in [0.1, 0.15) is 28.1 Å². The number of aromatic nitrogens is 2. The predicted octanol–water partition coefficient (Wildman–Crippen LogP) is 5.88. The summed E-state index contributed by atoms with van der Waals surface area (Å²) in [5.74, 6) is -5.32. The Labute approximate surface area is 257 Å². The van der Waals surface area contributed by atoms with Gasteiger partial charge in [0.15, 0.2) is 5.82 Å². The fraction of sp³-hybridized carbons (Fsp3) is 0.567. The highest BCUT2D eigenvalue weighted by Crippen LogP contribution is 2.45. The van der Waals surface area contributed by atoms with Gasteiger partial charge in [-0.1, -0.05) is 37.8 Å². The van der Waals surface area contributed by atoms with Crippen LogP contribution >= 0.6 is 12.6 Å². The van der Waals surface area contributed by atoms with Crippen LogP contribution in [0.15, 0.2) is 24.8 Å². The van der Waals surface area contributed by atoms with Crippen molar-refractivity contribution in [2.75, 3.05) is 41.6 Å². The van der Waals surface area contributed by atoms with Crippen LogP contribution in [0.25, 0.3) is 6.08 Å². The zero-order valence-corrected chi connectivity index (χ0v) is 26.6. The molecule has 0 aliphatic carbocycles. The van der Waals surface area contributed by atoms with Crippen LogP contribution in [0.3, 0.4) is 0 Å². The summed E-state index contributed by atoms with van der Waals surface area (Å²) in [6, 6.07) is 3.86. The van der Waals surface area contributed by atoms with Gasteiger partial charge in [-0.3, -0.25) is 14.0 Å². The lowest BCUT2D eigenvalue weighted by atomic mass is 9.85. The number of hydrogen-bond acceptors (Lipinski definition) is 8. The highest BCUT2D eigenvalue weighted by molar-refractivity contribution is 7.92. The first-order chi connectivity index (χ1) is 20.2. The third-order valence-electron chi connectivity index (χ3n) is 8.09. The van der Waals surface area contributed by atoms with Gasteiger partial charge < -0.3 is 5.32 Å². The number of fused-ring (bicyclic) bond motifs is 9. The average Bonchev–Trinajstić information content (AvgIpc) is 2.92. The van der Waals surface area contributed by atoms with Gasteiger partial charge >= 0.3 is 0 Å². The molecular formula is C30H40F3N5O3S2. The molecule has 5 rings (SSSR count). The summed E-state index contributed by atoms with van der Waals surface area (Å²) in [4.78, 5) is 22.0. The first-order valence-electron chi connectivity index (χ1n) is 14.6. The van der Waals surface area contributed by atoms with Crippen LogP contribution in [0, 0.1) is 18.7 Å². The highest BCUT2D eigenvalue weighted by atomic mass is 32.2. The molecule has 236 valence electrons. The van der Waals surface area contributed by atoms with Crippen LogP contribution in [0.4, 0.5) is 24.8 Å². The van der Waals surface area contributed by atoms with E-state index in [2.05, 4.69) is 34.5 Å². The quantitative estimate of drug-likeness (QED) is 0.403. The topological polar surface area (TPSA) is 95.5 Å². The number of hydrogen-bond donors (Lipinski definition) is 2. The first-order valence-corrected chi connectivity index (χ1v) is 16.7. The number of carbonyl (C=O) groups is 1. The molecular weight excluding hydrogens is 599 g/mol. The molecule has 8 nitrogen and oxygen atoms in total. The number of piperidine rings is 1. The highest BCUT2D eigenvalue weighted by Gasteiger charge is 2.46. The van der Waals surface area contributed by atoms with Gasteiger partial charge in [0.2, 0.25) is 10.0 Å². The molecule has 0 unspecified atom stereocenters. The molecule has 2 aromatic rings. The smallest absolute Gasteiger partial charge is 0.278 e. The molecule has 1 N–H and O–H groups in total. The van der Waals surface area contributed by atoms with Crippen molar-refractivity contribution in [3.8, 4) is 0 Å². The lowest BCUT2D eigenvalue weighted by Crippen LogP contribution is -2.42. The summed E-state index contributed by atoms with van der Waals surface area (Å²) in [5.41, 5.74) is -0.590. The first kappa shape index (κ1) is 33.3. The zero-order valence-electron chi connectivity index (χ0n) is 24.9. The fourth-order valence-electron chi connectivity index (χ4n) is 5.83. The average molecular weight is 640 g/mol. The van der Waals surface area contributed by atoms with Crippen LogP contribution in [-0.4, -0.2) is 61.0 Å². The van der Waals surface area contributed by atoms with Crippen molar-refractivity contribution < 1.29 is 26.4 Å². The Bertz CT molecular complexity index is 1460. The fourth-order valence-corrected chi connectivity index (χ4v) is 7.65. The summed E-state index contributed by atoms with van der Waals surface area (Å²) in [6.45, 7) is 9.55. The number of benzene rings is 1. The molecule has 1 aromatic carbocycles. The normalized spacial score (nSPS) is 25.2. The van der Waals surface area contributed by atoms with E-state index in [0.717, 1.165) is 6.07 Å². The van der Waals surface area contributed by atoms with Crippen LogP contribution in [0.2, 0.25) is 0 Å². The third kappa shape index (κ3) is 7.20. The number of sulfonamides is 1. The molecule has 0 saturated carbocycles. The van der Waals surface area contributed by atoms with E-state index in [1.165, 1.54) is 29.4 Å². The molecule has 4 heterocycles. The van der Waals surface area contributed by atoms with Crippen molar-refractivity contribution in [2.45, 2.75) is 70.1 Å². The van der Waals surface area contributed by atoms with Gasteiger partial charge in [-0.15, -0.1) is 12.6 Å². The number of nitrogens with one attached hydrogen (secondary N) is 1. The Morgan fingerprint density at radius 2 is 1.84 bits per heavy atom. The van der Waals surface area contributed by atoms with Gasteiger partial charge in [0, 0.05) is 24.4 Å². The SMILES string of the molecule is C=Cc1c2nc(C)nc1N(S(=O)(=O)CCC)CCCCC(=O)CN1CCC(CC1)C(F)(F)c1cccc(c1F)[C@@](C)(S)N2. The van der Waals surface area contributed by atoms with Gasteiger partial charge in [-0.05, 0) is 59.0 Å². The summed E-state index contributed by atoms with van der Waals surface area (Å²) in [7, 11) is -3.82. The van der Waals surface area contributed by atoms with Crippen molar-refractivity contribution in [1.82, 2.24) is 14.9 Å². The molecule has 43 heavy (non-hydrogen) atoms. The number of thiol groups is 1. The summed E-state index contributed by atoms with van der Waals surface area (Å²) < 4.78 is 75.9. The third-order valence-corrected chi connectivity index (χ3v) is 10.4. The van der Waals surface area contributed by atoms with Gasteiger partial charge in [-0.25, -0.2) is 31.6 Å². The zero-order chi connectivity index (χ0) is 31.6. The van der Waals surface area contributed by atoms with Crippen molar-refractivity contribution in [3.63, 3.8) is 0 Å². The second-order valence-corrected chi connectivity index (χ2v) is 14.4. The lowest BCUT2D eigenvalue weighted by Gasteiger charge is -2.36. The second kappa shape index (κ2) is 13.2. The molecule has 1 fully saturated rings. The minimum atomic E-state index is -3.82. The summed E-state index contributed by atoms with van der Waals surface area (Å²) in [6.07, 6.45) is 3.10. The molecule has 0 spiro atoms. The van der Waals surface area contributed by atoms with E-state index in [1.807, 2.05) is 4.90 Å². The molecule has 1 saturated heterocycles. The number of anilines is 2. The predicted molar refractivity (Wildman–Crippen MR) is 167 cm³/mol. The molecule has 3 aliphatic rings. The number of halogens is 3. The maximum atomic E-state index is 16.0. The number of nitrogens with zero attached hydrogens (tertiary/aromatic N) is 4. The van der Waals surface area contributed by atoms with Crippen LogP contribution in [0.1, 0.15) is 74.9 Å². The van der Waals surface area contributed by atoms with E-state index >= 15 is 13.2 Å². The van der Waals surface area contributed by atoms with E-state index in [4.69, 9.17) is 0 Å². The maximum Gasteiger partial charge on any atom is 0.278 e. The Balaban J connectivity index is 1.86. The number of aryl methyl sites for hydroxylation is 1. The monoisotopic (exact) mass is 639 g/mol. The molecule has 1 aromatic heterocycles. The largest absolute Gasteiger partial charge is 0.351 e. The Kier molecular flexibility index (Phi) is 10.2. The number of rotatable bonds is 4. The molecule has 0 amide bonds. The Hall–Kier alpha value is -2.64. The molecule has 0 radical (unpaired) electrons. The van der Waals surface area contributed by atoms with Crippen molar-refractivity contribution in [2.24, 2.45) is 5.92 Å². The standard InChI is InChI=1S/C30H40F3N5O3S2/c1-5-18-43(40,41)38-15-8-7-10-22(39)19-37-16-13-21(14-17-37)30(32,33)25-12-9-11-24(26(25)31)29(4,42)36-27-23(6-2)28(38)35-20(3)34-27/h6,9,11-12,21,42H,2,5,7-8,10,13-19H2,1,3-4H3,(H,34,35,36)/t29-/m1/s1. The van der Waals surface area contributed by atoms with Crippen LogP contribution in [-0.2, 0) is 25.6 Å². The number of alkyl halides is 2. The van der Waals surface area contributed by atoms with E-state index in [-0.39, 0.29) is 72.5 Å². The Morgan fingerprint density at radius 3 is 2.49 bits per heavy atom. The maximum absolute atomic E-state index is 16.0. The van der Waals surface area contributed by atoms with Crippen LogP contribution < -0.4 is 9.62 Å². The van der Waals surface area contributed by atoms with E-state index in [9.17, 15) is 13.2 Å². The van der Waals surface area contributed by atoms with Gasteiger partial charge in [0.05, 0.1) is 23.4 Å². The van der Waals surface area contributed by atoms with Crippen molar-refractivity contribution in [1.29, 1.82) is 0 Å². The van der Waals surface area contributed by atoms with E-state index in [1.54, 1.807) is 13.8 Å². The molecule has 1 atom stereocenters. The van der Waals surface area contributed by atoms with Gasteiger partial charge in [-0.2, -0.15) is 0 Å². The number of Topliss-reactive ketones (excluding diaryl/α,β-unsaturated/α-hetero) is 1. The summed E-state index contributed by atoms with van der Waals surface area (Å²) in [5, 5.41) is 3.04. The van der Waals surface area contributed by atoms with Crippen LogP contribution in [0.5, 0.6) is 0 Å². The molecule has 6 bridgehead atoms. The van der Waals surface area contributed by atoms with Crippen molar-refractivity contribution in [3.05, 3.63) is 53.1 Å². The minimum absolute atomic E-state index is 0.0365. The molecule has 3 aliphatic heterocycles. The molecule has 13 heteroatoms. The van der Waals surface area contributed by atoms with Gasteiger partial charge in [0.25, 0.3) is 5.92 Å². The Morgan fingerprint density at radius 1 is 1.16 bits per heavy atom. The second-order valence-electron chi connectivity index (χ2n) is 11.5. The number of carbonyl (C=O) groups excluding carboxylic acids is 1. The lowest BCUT2D eigenvalue weighted by molar-refractivity contribution is -0.122. The number of ketones is 1. The van der Waals surface area contributed by atoms with E-state index in [0.29, 0.717) is 32.4 Å². The summed E-state index contributed by atoms with van der Waals surface area (Å²) >= 11 is 4.66. The van der Waals surface area contributed by atoms with Crippen molar-refractivity contribution >= 4 is 46.1 Å². The van der Waals surface area contributed by atoms with E-state index < -0.39 is 38.1 Å². The minimum Gasteiger partial charge on any atom is -0.351 e.